The quantitative estimate of drug-likeness (QED) is 0.832. The second-order valence-corrected chi connectivity index (χ2v) is 5.30. The molecule has 1 aliphatic rings. The predicted molar refractivity (Wildman–Crippen MR) is 74.5 cm³/mol. The van der Waals surface area contributed by atoms with Crippen molar-refractivity contribution in [1.29, 1.82) is 0 Å². The van der Waals surface area contributed by atoms with Gasteiger partial charge in [0.15, 0.2) is 5.82 Å². The van der Waals surface area contributed by atoms with Gasteiger partial charge < -0.3 is 19.9 Å². The lowest BCUT2D eigenvalue weighted by Crippen LogP contribution is -2.41. The number of urea groups is 1. The minimum absolute atomic E-state index is 0.253. The standard InChI is InChI=1S/C13H21N5O3/c1-3-13(11(19)20)5-6-18(8-13)12(21)14-7-10-16-15-9-17(10)4-2/h9H,3-8H2,1-2H3,(H,14,21)(H,19,20). The molecule has 1 aromatic rings. The van der Waals surface area contributed by atoms with Gasteiger partial charge in [0.2, 0.25) is 0 Å². The largest absolute Gasteiger partial charge is 0.481 e. The molecule has 2 amide bonds. The first kappa shape index (κ1) is 15.3. The van der Waals surface area contributed by atoms with Crippen molar-refractivity contribution in [3.63, 3.8) is 0 Å². The van der Waals surface area contributed by atoms with Crippen LogP contribution in [-0.2, 0) is 17.9 Å². The van der Waals surface area contributed by atoms with Gasteiger partial charge in [0.1, 0.15) is 6.33 Å². The Balaban J connectivity index is 1.92. The van der Waals surface area contributed by atoms with Crippen LogP contribution in [0, 0.1) is 5.41 Å². The van der Waals surface area contributed by atoms with E-state index in [-0.39, 0.29) is 19.1 Å². The first-order valence-electron chi connectivity index (χ1n) is 7.15. The minimum Gasteiger partial charge on any atom is -0.481 e. The maximum Gasteiger partial charge on any atom is 0.317 e. The SMILES string of the molecule is CCn1cnnc1CNC(=O)N1CCC(CC)(C(=O)O)C1. The van der Waals surface area contributed by atoms with Crippen LogP contribution in [0.5, 0.6) is 0 Å². The van der Waals surface area contributed by atoms with Gasteiger partial charge in [-0.25, -0.2) is 4.79 Å². The summed E-state index contributed by atoms with van der Waals surface area (Å²) in [6.45, 7) is 5.56. The molecule has 8 heteroatoms. The summed E-state index contributed by atoms with van der Waals surface area (Å²) in [5.41, 5.74) is -0.805. The molecule has 2 heterocycles. The Hall–Kier alpha value is -2.12. The van der Waals surface area contributed by atoms with E-state index in [0.29, 0.717) is 25.2 Å². The summed E-state index contributed by atoms with van der Waals surface area (Å²) in [4.78, 5) is 25.1. The fourth-order valence-electron chi connectivity index (χ4n) is 2.61. The Morgan fingerprint density at radius 1 is 1.48 bits per heavy atom. The highest BCUT2D eigenvalue weighted by Gasteiger charge is 2.44. The molecule has 116 valence electrons. The van der Waals surface area contributed by atoms with Crippen LogP contribution >= 0.6 is 0 Å². The molecular formula is C13H21N5O3. The predicted octanol–water partition coefficient (Wildman–Crippen LogP) is 0.694. The van der Waals surface area contributed by atoms with E-state index in [2.05, 4.69) is 15.5 Å². The molecule has 1 saturated heterocycles. The van der Waals surface area contributed by atoms with Gasteiger partial charge in [0.05, 0.1) is 12.0 Å². The highest BCUT2D eigenvalue weighted by Crippen LogP contribution is 2.34. The smallest absolute Gasteiger partial charge is 0.317 e. The molecule has 0 aromatic carbocycles. The van der Waals surface area contributed by atoms with Crippen LogP contribution in [0.25, 0.3) is 0 Å². The molecule has 1 fully saturated rings. The van der Waals surface area contributed by atoms with Crippen LogP contribution in [0.1, 0.15) is 32.5 Å². The van der Waals surface area contributed by atoms with Crippen LogP contribution in [-0.4, -0.2) is 49.9 Å². The van der Waals surface area contributed by atoms with Crippen LogP contribution in [0.2, 0.25) is 0 Å². The van der Waals surface area contributed by atoms with E-state index in [1.54, 1.807) is 11.2 Å². The van der Waals surface area contributed by atoms with Gasteiger partial charge in [-0.3, -0.25) is 4.79 Å². The fourth-order valence-corrected chi connectivity index (χ4v) is 2.61. The molecule has 1 aliphatic heterocycles. The number of nitrogens with one attached hydrogen (secondary N) is 1. The highest BCUT2D eigenvalue weighted by atomic mass is 16.4. The number of likely N-dealkylation sites (tertiary alicyclic amines) is 1. The van der Waals surface area contributed by atoms with Crippen molar-refractivity contribution in [2.45, 2.75) is 39.8 Å². The Labute approximate surface area is 123 Å². The molecule has 0 bridgehead atoms. The number of carbonyl (C=O) groups is 2. The molecule has 2 rings (SSSR count). The number of amides is 2. The number of carboxylic acids is 1. The van der Waals surface area contributed by atoms with Crippen LogP contribution < -0.4 is 5.32 Å². The number of carbonyl (C=O) groups excluding carboxylic acids is 1. The van der Waals surface area contributed by atoms with Gasteiger partial charge in [-0.15, -0.1) is 10.2 Å². The molecule has 1 unspecified atom stereocenters. The lowest BCUT2D eigenvalue weighted by molar-refractivity contribution is -0.148. The summed E-state index contributed by atoms with van der Waals surface area (Å²) in [7, 11) is 0. The molecule has 1 atom stereocenters. The second-order valence-electron chi connectivity index (χ2n) is 5.30. The minimum atomic E-state index is -0.828. The zero-order chi connectivity index (χ0) is 15.5. The van der Waals surface area contributed by atoms with Gasteiger partial charge in [-0.1, -0.05) is 6.92 Å². The van der Waals surface area contributed by atoms with E-state index < -0.39 is 11.4 Å². The zero-order valence-electron chi connectivity index (χ0n) is 12.4. The van der Waals surface area contributed by atoms with Crippen molar-refractivity contribution in [3.8, 4) is 0 Å². The zero-order valence-corrected chi connectivity index (χ0v) is 12.4. The summed E-state index contributed by atoms with van der Waals surface area (Å²) >= 11 is 0. The van der Waals surface area contributed by atoms with E-state index in [9.17, 15) is 14.7 Å². The van der Waals surface area contributed by atoms with Gasteiger partial charge in [-0.05, 0) is 19.8 Å². The molecule has 0 spiro atoms. The second kappa shape index (κ2) is 6.11. The van der Waals surface area contributed by atoms with Gasteiger partial charge >= 0.3 is 12.0 Å². The maximum absolute atomic E-state index is 12.1. The first-order valence-corrected chi connectivity index (χ1v) is 7.15. The van der Waals surface area contributed by atoms with E-state index in [4.69, 9.17) is 0 Å². The summed E-state index contributed by atoms with van der Waals surface area (Å²) < 4.78 is 1.85. The van der Waals surface area contributed by atoms with Crippen molar-refractivity contribution < 1.29 is 14.7 Å². The number of aliphatic carboxylic acids is 1. The number of hydrogen-bond acceptors (Lipinski definition) is 4. The van der Waals surface area contributed by atoms with Crippen molar-refractivity contribution >= 4 is 12.0 Å². The summed E-state index contributed by atoms with van der Waals surface area (Å²) in [5.74, 6) is -0.143. The van der Waals surface area contributed by atoms with Gasteiger partial charge in [0.25, 0.3) is 0 Å². The fraction of sp³-hybridized carbons (Fsp3) is 0.692. The highest BCUT2D eigenvalue weighted by molar-refractivity contribution is 5.79. The Morgan fingerprint density at radius 2 is 2.24 bits per heavy atom. The number of aryl methyl sites for hydroxylation is 1. The van der Waals surface area contributed by atoms with Crippen molar-refractivity contribution in [3.05, 3.63) is 12.2 Å². The number of hydrogen-bond donors (Lipinski definition) is 2. The lowest BCUT2D eigenvalue weighted by Gasteiger charge is -2.23. The van der Waals surface area contributed by atoms with E-state index in [1.165, 1.54) is 0 Å². The average Bonchev–Trinajstić information content (AvgIpc) is 3.11. The number of nitrogens with zero attached hydrogens (tertiary/aromatic N) is 4. The van der Waals surface area contributed by atoms with Crippen LogP contribution in [0.4, 0.5) is 4.79 Å². The molecule has 0 aliphatic carbocycles. The van der Waals surface area contributed by atoms with Crippen LogP contribution in [0.15, 0.2) is 6.33 Å². The molecule has 0 radical (unpaired) electrons. The van der Waals surface area contributed by atoms with Crippen molar-refractivity contribution in [1.82, 2.24) is 25.0 Å². The molecular weight excluding hydrogens is 274 g/mol. The molecule has 0 saturated carbocycles. The normalized spacial score (nSPS) is 21.5. The third kappa shape index (κ3) is 2.98. The lowest BCUT2D eigenvalue weighted by atomic mass is 9.84. The molecule has 21 heavy (non-hydrogen) atoms. The van der Waals surface area contributed by atoms with Gasteiger partial charge in [-0.2, -0.15) is 0 Å². The molecule has 8 nitrogen and oxygen atoms in total. The number of carboxylic acid groups (broad SMARTS) is 1. The summed E-state index contributed by atoms with van der Waals surface area (Å²) in [6, 6.07) is -0.253. The van der Waals surface area contributed by atoms with Crippen LogP contribution in [0.3, 0.4) is 0 Å². The maximum atomic E-state index is 12.1. The van der Waals surface area contributed by atoms with E-state index in [1.807, 2.05) is 18.4 Å². The first-order chi connectivity index (χ1) is 10.0. The Kier molecular flexibility index (Phi) is 4.44. The summed E-state index contributed by atoms with van der Waals surface area (Å²) in [6.07, 6.45) is 2.64. The van der Waals surface area contributed by atoms with E-state index >= 15 is 0 Å². The monoisotopic (exact) mass is 295 g/mol. The van der Waals surface area contributed by atoms with E-state index in [0.717, 1.165) is 6.54 Å². The van der Waals surface area contributed by atoms with Crippen molar-refractivity contribution in [2.75, 3.05) is 13.1 Å². The number of aromatic nitrogens is 3. The van der Waals surface area contributed by atoms with Crippen molar-refractivity contribution in [2.24, 2.45) is 5.41 Å². The third-order valence-corrected chi connectivity index (χ3v) is 4.21. The summed E-state index contributed by atoms with van der Waals surface area (Å²) in [5, 5.41) is 19.8. The third-order valence-electron chi connectivity index (χ3n) is 4.21. The number of rotatable bonds is 5. The van der Waals surface area contributed by atoms with Gasteiger partial charge in [0, 0.05) is 19.6 Å². The topological polar surface area (TPSA) is 100 Å². The average molecular weight is 295 g/mol. The Bertz CT molecular complexity index is 530. The Morgan fingerprint density at radius 3 is 2.81 bits per heavy atom. The molecule has 2 N–H and O–H groups in total. The molecule has 1 aromatic heterocycles.